The number of hydrogen-bond acceptors (Lipinski definition) is 11. The number of carboxylic acids is 1. The molecule has 0 aromatic rings. The van der Waals surface area contributed by atoms with Crippen LogP contribution in [-0.2, 0) is 42.9 Å². The van der Waals surface area contributed by atoms with Gasteiger partial charge in [-0.3, -0.25) is 14.4 Å². The monoisotopic (exact) mass is 971 g/mol. The van der Waals surface area contributed by atoms with Crippen molar-refractivity contribution in [3.63, 3.8) is 0 Å². The summed E-state index contributed by atoms with van der Waals surface area (Å²) >= 11 is 0. The van der Waals surface area contributed by atoms with Crippen LogP contribution in [-0.4, -0.2) is 89.2 Å². The second kappa shape index (κ2) is 45.3. The number of unbranched alkanes of at least 4 members (excludes halogenated alkanes) is 18. The van der Waals surface area contributed by atoms with Crippen LogP contribution >= 0.6 is 0 Å². The van der Waals surface area contributed by atoms with Gasteiger partial charge in [-0.15, -0.1) is 0 Å². The number of esters is 3. The van der Waals surface area contributed by atoms with Gasteiger partial charge in [0.25, 0.3) is 0 Å². The standard InChI is InChI=1S/C57H94O12/c1-4-7-10-13-16-19-22-24-25-27-30-33-36-39-42-45-51(60)68-55-53(62)52(61)54(56(63)64)69-57(55)66-47-48(67-50(59)44-41-38-35-32-28-21-18-15-12-9-6-3)46-65-49(58)43-40-37-34-31-29-26-23-20-17-14-11-8-5-2/h7,10-11,14-16,18-20,23-25,48,52-55,57,61-62H,4-6,8-9,12-13,17,21-22,26-47H2,1-3H3,(H,63,64)/b10-7-,14-11-,18-15-,19-16-,23-20-,25-24-. The third-order valence-electron chi connectivity index (χ3n) is 11.7. The molecule has 0 saturated carbocycles. The van der Waals surface area contributed by atoms with E-state index < -0.39 is 67.3 Å². The van der Waals surface area contributed by atoms with Gasteiger partial charge in [0.2, 0.25) is 0 Å². The molecule has 6 unspecified atom stereocenters. The van der Waals surface area contributed by atoms with E-state index in [4.69, 9.17) is 23.7 Å². The minimum absolute atomic E-state index is 0.0367. The van der Waals surface area contributed by atoms with Crippen molar-refractivity contribution in [3.8, 4) is 0 Å². The molecule has 12 nitrogen and oxygen atoms in total. The van der Waals surface area contributed by atoms with Crippen LogP contribution in [0.25, 0.3) is 0 Å². The Bertz CT molecular complexity index is 1480. The van der Waals surface area contributed by atoms with Crippen molar-refractivity contribution in [2.24, 2.45) is 0 Å². The van der Waals surface area contributed by atoms with Gasteiger partial charge < -0.3 is 39.0 Å². The lowest BCUT2D eigenvalue weighted by Crippen LogP contribution is -2.61. The Morgan fingerprint density at radius 3 is 1.46 bits per heavy atom. The van der Waals surface area contributed by atoms with Gasteiger partial charge in [0, 0.05) is 19.3 Å². The van der Waals surface area contributed by atoms with E-state index in [2.05, 4.69) is 93.7 Å². The number of carbonyl (C=O) groups excluding carboxylic acids is 3. The second-order valence-electron chi connectivity index (χ2n) is 18.1. The van der Waals surface area contributed by atoms with E-state index in [0.29, 0.717) is 19.3 Å². The van der Waals surface area contributed by atoms with Gasteiger partial charge in [-0.25, -0.2) is 4.79 Å². The molecular formula is C57H94O12. The van der Waals surface area contributed by atoms with Crippen LogP contribution in [0, 0.1) is 0 Å². The minimum atomic E-state index is -1.91. The number of carbonyl (C=O) groups is 4. The highest BCUT2D eigenvalue weighted by atomic mass is 16.7. The Labute approximate surface area is 417 Å². The molecule has 1 saturated heterocycles. The van der Waals surface area contributed by atoms with Crippen LogP contribution < -0.4 is 0 Å². The van der Waals surface area contributed by atoms with Crippen LogP contribution in [0.2, 0.25) is 0 Å². The molecule has 69 heavy (non-hydrogen) atoms. The molecule has 1 fully saturated rings. The normalized spacial score (nSPS) is 19.2. The first-order valence-corrected chi connectivity index (χ1v) is 26.9. The van der Waals surface area contributed by atoms with Gasteiger partial charge in [0.15, 0.2) is 24.6 Å². The fourth-order valence-electron chi connectivity index (χ4n) is 7.58. The van der Waals surface area contributed by atoms with Crippen LogP contribution in [0.4, 0.5) is 0 Å². The summed E-state index contributed by atoms with van der Waals surface area (Å²) in [5, 5.41) is 31.4. The molecule has 0 radical (unpaired) electrons. The summed E-state index contributed by atoms with van der Waals surface area (Å²) in [4.78, 5) is 50.9. The number of aliphatic carboxylic acids is 1. The molecule has 1 heterocycles. The number of ether oxygens (including phenoxy) is 5. The Kier molecular flexibility index (Phi) is 41.5. The molecule has 3 N–H and O–H groups in total. The fraction of sp³-hybridized carbons (Fsp3) is 0.719. The minimum Gasteiger partial charge on any atom is -0.479 e. The van der Waals surface area contributed by atoms with Gasteiger partial charge >= 0.3 is 23.9 Å². The molecule has 0 aromatic heterocycles. The zero-order chi connectivity index (χ0) is 50.4. The number of carboxylic acid groups (broad SMARTS) is 1. The zero-order valence-electron chi connectivity index (χ0n) is 43.0. The molecule has 6 atom stereocenters. The lowest BCUT2D eigenvalue weighted by molar-refractivity contribution is -0.301. The van der Waals surface area contributed by atoms with Crippen molar-refractivity contribution in [1.29, 1.82) is 0 Å². The summed E-state index contributed by atoms with van der Waals surface area (Å²) in [7, 11) is 0. The van der Waals surface area contributed by atoms with Crippen LogP contribution in [0.3, 0.4) is 0 Å². The van der Waals surface area contributed by atoms with E-state index in [-0.39, 0.29) is 25.9 Å². The van der Waals surface area contributed by atoms with E-state index in [0.717, 1.165) is 141 Å². The van der Waals surface area contributed by atoms with E-state index in [9.17, 15) is 34.5 Å². The van der Waals surface area contributed by atoms with E-state index in [1.54, 1.807) is 0 Å². The fourth-order valence-corrected chi connectivity index (χ4v) is 7.58. The summed E-state index contributed by atoms with van der Waals surface area (Å²) in [5.74, 6) is -3.18. The van der Waals surface area contributed by atoms with Gasteiger partial charge in [-0.05, 0) is 96.3 Å². The first kappa shape index (κ1) is 63.2. The molecule has 1 aliphatic rings. The van der Waals surface area contributed by atoms with Crippen LogP contribution in [0.15, 0.2) is 72.9 Å². The van der Waals surface area contributed by atoms with E-state index >= 15 is 0 Å². The summed E-state index contributed by atoms with van der Waals surface area (Å²) in [5.41, 5.74) is 0. The lowest BCUT2D eigenvalue weighted by atomic mass is 9.98. The Balaban J connectivity index is 2.74. The van der Waals surface area contributed by atoms with Crippen molar-refractivity contribution < 1.29 is 58.2 Å². The number of allylic oxidation sites excluding steroid dienone is 12. The Hall–Kier alpha value is -3.84. The predicted octanol–water partition coefficient (Wildman–Crippen LogP) is 13.0. The summed E-state index contributed by atoms with van der Waals surface area (Å²) in [6.45, 7) is 5.72. The lowest BCUT2D eigenvalue weighted by Gasteiger charge is -2.40. The van der Waals surface area contributed by atoms with Gasteiger partial charge in [-0.2, -0.15) is 0 Å². The van der Waals surface area contributed by atoms with Crippen LogP contribution in [0.5, 0.6) is 0 Å². The maximum absolute atomic E-state index is 13.1. The zero-order valence-corrected chi connectivity index (χ0v) is 43.0. The van der Waals surface area contributed by atoms with Gasteiger partial charge in [0.1, 0.15) is 18.8 Å². The van der Waals surface area contributed by atoms with Gasteiger partial charge in [0.05, 0.1) is 6.61 Å². The predicted molar refractivity (Wildman–Crippen MR) is 275 cm³/mol. The van der Waals surface area contributed by atoms with E-state index in [1.807, 2.05) is 0 Å². The molecule has 0 aromatic carbocycles. The molecule has 1 aliphatic heterocycles. The van der Waals surface area contributed by atoms with Gasteiger partial charge in [-0.1, -0.05) is 171 Å². The van der Waals surface area contributed by atoms with E-state index in [1.165, 1.54) is 12.8 Å². The molecule has 12 heteroatoms. The van der Waals surface area contributed by atoms with Crippen molar-refractivity contribution in [2.45, 2.75) is 250 Å². The molecule has 0 spiro atoms. The molecule has 394 valence electrons. The molecular weight excluding hydrogens is 877 g/mol. The average molecular weight is 971 g/mol. The second-order valence-corrected chi connectivity index (χ2v) is 18.1. The van der Waals surface area contributed by atoms with Crippen LogP contribution in [0.1, 0.15) is 213 Å². The summed E-state index contributed by atoms with van der Waals surface area (Å²) in [6, 6.07) is 0. The maximum atomic E-state index is 13.1. The summed E-state index contributed by atoms with van der Waals surface area (Å²) in [6.07, 6.45) is 43.1. The third kappa shape index (κ3) is 35.8. The van der Waals surface area contributed by atoms with Crippen molar-refractivity contribution in [2.75, 3.05) is 13.2 Å². The number of hydrogen-bond donors (Lipinski definition) is 3. The Morgan fingerprint density at radius 1 is 0.493 bits per heavy atom. The number of rotatable bonds is 44. The van der Waals surface area contributed by atoms with Crippen molar-refractivity contribution in [1.82, 2.24) is 0 Å². The molecule has 0 bridgehead atoms. The summed E-state index contributed by atoms with van der Waals surface area (Å²) < 4.78 is 28.3. The van der Waals surface area contributed by atoms with Crippen molar-refractivity contribution >= 4 is 23.9 Å². The maximum Gasteiger partial charge on any atom is 0.335 e. The largest absolute Gasteiger partial charge is 0.479 e. The SMILES string of the molecule is CC/C=C\C/C=C\C/C=C\CCCCCCCC(=O)OC1C(OCC(COC(=O)CCCCCCC/C=C\C/C=C\CCC)OC(=O)CCCCCCC/C=C\CCCC)OC(C(=O)O)C(O)C1O. The highest BCUT2D eigenvalue weighted by molar-refractivity contribution is 5.74. The Morgan fingerprint density at radius 2 is 0.942 bits per heavy atom. The molecule has 1 rings (SSSR count). The third-order valence-corrected chi connectivity index (χ3v) is 11.7. The first-order chi connectivity index (χ1) is 33.6. The molecule has 0 aliphatic carbocycles. The molecule has 0 amide bonds. The highest BCUT2D eigenvalue weighted by Gasteiger charge is 2.50. The average Bonchev–Trinajstić information content (AvgIpc) is 3.33. The number of aliphatic hydroxyl groups excluding tert-OH is 2. The first-order valence-electron chi connectivity index (χ1n) is 26.9. The highest BCUT2D eigenvalue weighted by Crippen LogP contribution is 2.26. The quantitative estimate of drug-likeness (QED) is 0.0228. The smallest absolute Gasteiger partial charge is 0.335 e. The van der Waals surface area contributed by atoms with Crippen molar-refractivity contribution in [3.05, 3.63) is 72.9 Å². The topological polar surface area (TPSA) is 175 Å². The number of aliphatic hydroxyl groups is 2.